The SMILES string of the molecule is CCC(C)CN(C)Cc1cc(C=CC(=O)O)ccc1OC. The summed E-state index contributed by atoms with van der Waals surface area (Å²) in [6.07, 6.45) is 3.90. The van der Waals surface area contributed by atoms with Crippen LogP contribution in [0.4, 0.5) is 0 Å². The second-order valence-electron chi connectivity index (χ2n) is 5.45. The number of nitrogens with zero attached hydrogens (tertiary/aromatic N) is 1. The lowest BCUT2D eigenvalue weighted by Crippen LogP contribution is -2.24. The molecule has 1 atom stereocenters. The van der Waals surface area contributed by atoms with E-state index in [0.717, 1.165) is 42.5 Å². The Hall–Kier alpha value is -1.81. The van der Waals surface area contributed by atoms with E-state index in [1.807, 2.05) is 18.2 Å². The van der Waals surface area contributed by atoms with Crippen molar-refractivity contribution in [1.29, 1.82) is 0 Å². The van der Waals surface area contributed by atoms with E-state index in [0.29, 0.717) is 5.92 Å². The molecule has 1 unspecified atom stereocenters. The third kappa shape index (κ3) is 6.00. The number of methoxy groups -OCH3 is 1. The Morgan fingerprint density at radius 1 is 1.48 bits per heavy atom. The Bertz CT molecular complexity index is 497. The van der Waals surface area contributed by atoms with E-state index >= 15 is 0 Å². The molecular weight excluding hydrogens is 266 g/mol. The topological polar surface area (TPSA) is 49.8 Å². The highest BCUT2D eigenvalue weighted by Crippen LogP contribution is 2.22. The number of rotatable bonds is 8. The van der Waals surface area contributed by atoms with Crippen molar-refractivity contribution < 1.29 is 14.6 Å². The summed E-state index contributed by atoms with van der Waals surface area (Å²) in [6.45, 7) is 6.23. The maximum Gasteiger partial charge on any atom is 0.328 e. The van der Waals surface area contributed by atoms with Crippen LogP contribution in [-0.2, 0) is 11.3 Å². The average molecular weight is 291 g/mol. The minimum atomic E-state index is -0.943. The number of hydrogen-bond acceptors (Lipinski definition) is 3. The zero-order valence-electron chi connectivity index (χ0n) is 13.3. The van der Waals surface area contributed by atoms with Crippen molar-refractivity contribution in [2.24, 2.45) is 5.92 Å². The van der Waals surface area contributed by atoms with Crippen molar-refractivity contribution in [3.63, 3.8) is 0 Å². The molecule has 1 rings (SSSR count). The van der Waals surface area contributed by atoms with E-state index in [1.165, 1.54) is 0 Å². The number of carboxylic acids is 1. The second kappa shape index (κ2) is 8.47. The predicted octanol–water partition coefficient (Wildman–Crippen LogP) is 3.27. The van der Waals surface area contributed by atoms with Gasteiger partial charge in [0.2, 0.25) is 0 Å². The van der Waals surface area contributed by atoms with Crippen molar-refractivity contribution in [1.82, 2.24) is 4.90 Å². The van der Waals surface area contributed by atoms with E-state index in [4.69, 9.17) is 9.84 Å². The molecule has 4 nitrogen and oxygen atoms in total. The summed E-state index contributed by atoms with van der Waals surface area (Å²) >= 11 is 0. The summed E-state index contributed by atoms with van der Waals surface area (Å²) in [5.41, 5.74) is 1.93. The molecule has 0 aromatic heterocycles. The van der Waals surface area contributed by atoms with Crippen molar-refractivity contribution in [2.75, 3.05) is 20.7 Å². The maximum absolute atomic E-state index is 10.6. The summed E-state index contributed by atoms with van der Waals surface area (Å²) < 4.78 is 5.39. The van der Waals surface area contributed by atoms with Crippen molar-refractivity contribution in [2.45, 2.75) is 26.8 Å². The molecule has 1 aromatic rings. The molecule has 0 saturated heterocycles. The van der Waals surface area contributed by atoms with Gasteiger partial charge in [-0.25, -0.2) is 4.79 Å². The number of carboxylic acid groups (broad SMARTS) is 1. The Labute approximate surface area is 127 Å². The average Bonchev–Trinajstić information content (AvgIpc) is 2.45. The monoisotopic (exact) mass is 291 g/mol. The molecule has 0 aliphatic carbocycles. The van der Waals surface area contributed by atoms with Crippen molar-refractivity contribution in [3.05, 3.63) is 35.4 Å². The molecule has 21 heavy (non-hydrogen) atoms. The molecule has 0 amide bonds. The fraction of sp³-hybridized carbons (Fsp3) is 0.471. The molecular formula is C17H25NO3. The van der Waals surface area contributed by atoms with Gasteiger partial charge in [0.25, 0.3) is 0 Å². The van der Waals surface area contributed by atoms with Crippen LogP contribution in [0.2, 0.25) is 0 Å². The van der Waals surface area contributed by atoms with E-state index in [9.17, 15) is 4.79 Å². The van der Waals surface area contributed by atoms with Gasteiger partial charge in [-0.1, -0.05) is 26.3 Å². The molecule has 0 saturated carbocycles. The molecule has 0 heterocycles. The van der Waals surface area contributed by atoms with Crippen LogP contribution in [0.3, 0.4) is 0 Å². The lowest BCUT2D eigenvalue weighted by Gasteiger charge is -2.21. The van der Waals surface area contributed by atoms with Gasteiger partial charge in [0.05, 0.1) is 7.11 Å². The Kier molecular flexibility index (Phi) is 6.96. The van der Waals surface area contributed by atoms with Crippen LogP contribution >= 0.6 is 0 Å². The van der Waals surface area contributed by atoms with Crippen LogP contribution in [0, 0.1) is 5.92 Å². The lowest BCUT2D eigenvalue weighted by atomic mass is 10.1. The van der Waals surface area contributed by atoms with E-state index in [1.54, 1.807) is 13.2 Å². The molecule has 4 heteroatoms. The molecule has 0 aliphatic rings. The number of ether oxygens (including phenoxy) is 1. The fourth-order valence-electron chi connectivity index (χ4n) is 2.21. The first-order chi connectivity index (χ1) is 9.96. The van der Waals surface area contributed by atoms with Gasteiger partial charge in [0.1, 0.15) is 5.75 Å². The van der Waals surface area contributed by atoms with Gasteiger partial charge in [-0.3, -0.25) is 0 Å². The zero-order chi connectivity index (χ0) is 15.8. The van der Waals surface area contributed by atoms with Crippen molar-refractivity contribution in [3.8, 4) is 5.75 Å². The van der Waals surface area contributed by atoms with Crippen LogP contribution in [0.5, 0.6) is 5.75 Å². The van der Waals surface area contributed by atoms with Crippen LogP contribution in [0.15, 0.2) is 24.3 Å². The van der Waals surface area contributed by atoms with Gasteiger partial charge in [-0.05, 0) is 36.7 Å². The predicted molar refractivity (Wildman–Crippen MR) is 85.5 cm³/mol. The highest BCUT2D eigenvalue weighted by atomic mass is 16.5. The maximum atomic E-state index is 10.6. The number of aliphatic carboxylic acids is 1. The molecule has 0 aliphatic heterocycles. The smallest absolute Gasteiger partial charge is 0.328 e. The van der Waals surface area contributed by atoms with Crippen LogP contribution in [-0.4, -0.2) is 36.7 Å². The minimum Gasteiger partial charge on any atom is -0.496 e. The normalized spacial score (nSPS) is 12.8. The number of benzene rings is 1. The first kappa shape index (κ1) is 17.2. The molecule has 0 radical (unpaired) electrons. The standard InChI is InChI=1S/C17H25NO3/c1-5-13(2)11-18(3)12-15-10-14(7-9-17(19)20)6-8-16(15)21-4/h6-10,13H,5,11-12H2,1-4H3,(H,19,20). The zero-order valence-corrected chi connectivity index (χ0v) is 13.3. The van der Waals surface area contributed by atoms with Gasteiger partial charge in [-0.15, -0.1) is 0 Å². The Balaban J connectivity index is 2.87. The van der Waals surface area contributed by atoms with Crippen LogP contribution < -0.4 is 4.74 Å². The molecule has 1 aromatic carbocycles. The molecule has 116 valence electrons. The Morgan fingerprint density at radius 3 is 2.76 bits per heavy atom. The van der Waals surface area contributed by atoms with Gasteiger partial charge in [0, 0.05) is 24.7 Å². The number of carbonyl (C=O) groups is 1. The van der Waals surface area contributed by atoms with Gasteiger partial charge in [0.15, 0.2) is 0 Å². The van der Waals surface area contributed by atoms with E-state index in [-0.39, 0.29) is 0 Å². The quantitative estimate of drug-likeness (QED) is 0.747. The summed E-state index contributed by atoms with van der Waals surface area (Å²) in [4.78, 5) is 12.9. The minimum absolute atomic E-state index is 0.649. The lowest BCUT2D eigenvalue weighted by molar-refractivity contribution is -0.131. The van der Waals surface area contributed by atoms with Crippen molar-refractivity contribution >= 4 is 12.0 Å². The Morgan fingerprint density at radius 2 is 2.19 bits per heavy atom. The van der Waals surface area contributed by atoms with Crippen LogP contribution in [0.1, 0.15) is 31.4 Å². The molecule has 0 fully saturated rings. The summed E-state index contributed by atoms with van der Waals surface area (Å²) in [5, 5.41) is 8.70. The third-order valence-electron chi connectivity index (χ3n) is 3.48. The van der Waals surface area contributed by atoms with Gasteiger partial charge < -0.3 is 14.7 Å². The highest BCUT2D eigenvalue weighted by molar-refractivity contribution is 5.85. The van der Waals surface area contributed by atoms with Gasteiger partial charge in [-0.2, -0.15) is 0 Å². The molecule has 0 spiro atoms. The molecule has 0 bridgehead atoms. The van der Waals surface area contributed by atoms with E-state index < -0.39 is 5.97 Å². The number of hydrogen-bond donors (Lipinski definition) is 1. The first-order valence-corrected chi connectivity index (χ1v) is 7.22. The summed E-state index contributed by atoms with van der Waals surface area (Å²) in [7, 11) is 3.74. The largest absolute Gasteiger partial charge is 0.496 e. The fourth-order valence-corrected chi connectivity index (χ4v) is 2.21. The second-order valence-corrected chi connectivity index (χ2v) is 5.45. The van der Waals surface area contributed by atoms with Crippen LogP contribution in [0.25, 0.3) is 6.08 Å². The van der Waals surface area contributed by atoms with Gasteiger partial charge >= 0.3 is 5.97 Å². The summed E-state index contributed by atoms with van der Waals surface area (Å²) in [5.74, 6) is 0.538. The third-order valence-corrected chi connectivity index (χ3v) is 3.48. The highest BCUT2D eigenvalue weighted by Gasteiger charge is 2.09. The van der Waals surface area contributed by atoms with E-state index in [2.05, 4.69) is 25.8 Å². The summed E-state index contributed by atoms with van der Waals surface area (Å²) in [6, 6.07) is 5.72. The molecule has 1 N–H and O–H groups in total. The first-order valence-electron chi connectivity index (χ1n) is 7.22.